The minimum Gasteiger partial charge on any atom is -0.394 e. The number of aryl methyl sites for hydroxylation is 2. The van der Waals surface area contributed by atoms with E-state index in [0.717, 1.165) is 43.9 Å². The number of aromatic nitrogens is 3. The molecule has 0 saturated heterocycles. The molecule has 2 unspecified atom stereocenters. The highest BCUT2D eigenvalue weighted by Crippen LogP contribution is 2.22. The first-order valence-electron chi connectivity index (χ1n) is 7.79. The van der Waals surface area contributed by atoms with Gasteiger partial charge < -0.3 is 10.4 Å². The lowest BCUT2D eigenvalue weighted by Crippen LogP contribution is -2.47. The lowest BCUT2D eigenvalue weighted by molar-refractivity contribution is 0.148. The van der Waals surface area contributed by atoms with E-state index in [2.05, 4.69) is 50.0 Å². The predicted octanol–water partition coefficient (Wildman–Crippen LogP) is 2.10. The molecule has 0 fully saturated rings. The number of aliphatic hydroxyl groups is 1. The van der Waals surface area contributed by atoms with Crippen LogP contribution >= 0.6 is 0 Å². The van der Waals surface area contributed by atoms with E-state index < -0.39 is 0 Å². The van der Waals surface area contributed by atoms with E-state index in [-0.39, 0.29) is 18.2 Å². The summed E-state index contributed by atoms with van der Waals surface area (Å²) in [4.78, 5) is 4.56. The zero-order valence-electron chi connectivity index (χ0n) is 13.6. The second-order valence-electron chi connectivity index (χ2n) is 5.79. The van der Waals surface area contributed by atoms with Gasteiger partial charge in [0.05, 0.1) is 12.6 Å². The van der Waals surface area contributed by atoms with Gasteiger partial charge in [0.2, 0.25) is 0 Å². The van der Waals surface area contributed by atoms with E-state index in [1.807, 2.05) is 4.68 Å². The van der Waals surface area contributed by atoms with Crippen LogP contribution in [0.1, 0.15) is 65.2 Å². The fraction of sp³-hybridized carbons (Fsp3) is 0.867. The summed E-state index contributed by atoms with van der Waals surface area (Å²) in [6.45, 7) is 11.6. The minimum absolute atomic E-state index is 0.133. The van der Waals surface area contributed by atoms with Gasteiger partial charge in [0.15, 0.2) is 5.82 Å². The van der Waals surface area contributed by atoms with Gasteiger partial charge in [-0.15, -0.1) is 0 Å². The Labute approximate surface area is 122 Å². The van der Waals surface area contributed by atoms with Crippen molar-refractivity contribution in [3.05, 3.63) is 11.6 Å². The summed E-state index contributed by atoms with van der Waals surface area (Å²) in [6.07, 6.45) is 3.64. The Morgan fingerprint density at radius 3 is 2.50 bits per heavy atom. The highest BCUT2D eigenvalue weighted by atomic mass is 16.3. The van der Waals surface area contributed by atoms with Gasteiger partial charge in [-0.2, -0.15) is 5.10 Å². The molecule has 0 aromatic carbocycles. The van der Waals surface area contributed by atoms with E-state index in [1.54, 1.807) is 0 Å². The monoisotopic (exact) mass is 282 g/mol. The van der Waals surface area contributed by atoms with Gasteiger partial charge in [-0.1, -0.05) is 20.8 Å². The topological polar surface area (TPSA) is 63.0 Å². The molecule has 0 saturated carbocycles. The van der Waals surface area contributed by atoms with E-state index in [1.165, 1.54) is 0 Å². The van der Waals surface area contributed by atoms with Gasteiger partial charge in [0.1, 0.15) is 5.82 Å². The van der Waals surface area contributed by atoms with Crippen molar-refractivity contribution >= 4 is 0 Å². The van der Waals surface area contributed by atoms with E-state index >= 15 is 0 Å². The second-order valence-corrected chi connectivity index (χ2v) is 5.79. The largest absolute Gasteiger partial charge is 0.394 e. The number of nitrogens with one attached hydrogen (secondary N) is 1. The van der Waals surface area contributed by atoms with Crippen LogP contribution in [0, 0.1) is 0 Å². The Morgan fingerprint density at radius 1 is 1.30 bits per heavy atom. The van der Waals surface area contributed by atoms with Crippen LogP contribution in [0.5, 0.6) is 0 Å². The van der Waals surface area contributed by atoms with Gasteiger partial charge in [-0.05, 0) is 33.2 Å². The van der Waals surface area contributed by atoms with Gasteiger partial charge >= 0.3 is 0 Å². The summed E-state index contributed by atoms with van der Waals surface area (Å²) in [5.74, 6) is 1.94. The number of nitrogens with zero attached hydrogens (tertiary/aromatic N) is 3. The quantitative estimate of drug-likeness (QED) is 0.728. The van der Waals surface area contributed by atoms with Crippen molar-refractivity contribution in [1.29, 1.82) is 0 Å². The van der Waals surface area contributed by atoms with Gasteiger partial charge in [-0.3, -0.25) is 0 Å². The molecule has 1 aromatic rings. The smallest absolute Gasteiger partial charge is 0.150 e. The van der Waals surface area contributed by atoms with Crippen LogP contribution in [-0.4, -0.2) is 38.6 Å². The second kappa shape index (κ2) is 7.74. The van der Waals surface area contributed by atoms with Crippen LogP contribution in [0.2, 0.25) is 0 Å². The maximum absolute atomic E-state index is 9.68. The van der Waals surface area contributed by atoms with E-state index in [9.17, 15) is 5.11 Å². The highest BCUT2D eigenvalue weighted by Gasteiger charge is 2.27. The molecule has 1 aromatic heterocycles. The Hall–Kier alpha value is -0.940. The molecule has 0 aliphatic rings. The molecule has 1 rings (SSSR count). The van der Waals surface area contributed by atoms with Crippen LogP contribution in [0.15, 0.2) is 0 Å². The molecule has 0 bridgehead atoms. The van der Waals surface area contributed by atoms with Crippen LogP contribution < -0.4 is 5.32 Å². The standard InChI is InChI=1S/C15H30N4O/c1-6-9-16-15(5,11-20)10-12(4)19-14(8-3)17-13(7-2)18-19/h12,16,20H,6-11H2,1-5H3. The summed E-state index contributed by atoms with van der Waals surface area (Å²) in [6, 6.07) is 0.222. The number of rotatable bonds is 9. The average Bonchev–Trinajstić information content (AvgIpc) is 2.88. The lowest BCUT2D eigenvalue weighted by Gasteiger charge is -2.32. The van der Waals surface area contributed by atoms with Gasteiger partial charge in [0.25, 0.3) is 0 Å². The van der Waals surface area contributed by atoms with E-state index in [4.69, 9.17) is 0 Å². The Kier molecular flexibility index (Phi) is 6.62. The molecule has 0 aliphatic heterocycles. The Morgan fingerprint density at radius 2 is 2.00 bits per heavy atom. The fourth-order valence-corrected chi connectivity index (χ4v) is 2.51. The lowest BCUT2D eigenvalue weighted by atomic mass is 9.94. The van der Waals surface area contributed by atoms with Crippen molar-refractivity contribution in [2.45, 2.75) is 71.9 Å². The van der Waals surface area contributed by atoms with Crippen molar-refractivity contribution in [1.82, 2.24) is 20.1 Å². The molecular formula is C15H30N4O. The molecule has 20 heavy (non-hydrogen) atoms. The SMILES string of the molecule is CCCNC(C)(CO)CC(C)n1nc(CC)nc1CC. The molecule has 116 valence electrons. The Bertz CT molecular complexity index is 405. The van der Waals surface area contributed by atoms with Crippen molar-refractivity contribution in [3.63, 3.8) is 0 Å². The molecule has 0 amide bonds. The van der Waals surface area contributed by atoms with Gasteiger partial charge in [0, 0.05) is 18.4 Å². The van der Waals surface area contributed by atoms with Crippen LogP contribution in [0.3, 0.4) is 0 Å². The summed E-state index contributed by atoms with van der Waals surface area (Å²) in [5, 5.41) is 17.7. The molecule has 0 radical (unpaired) electrons. The molecule has 1 heterocycles. The molecular weight excluding hydrogens is 252 g/mol. The molecule has 2 atom stereocenters. The molecule has 5 nitrogen and oxygen atoms in total. The highest BCUT2D eigenvalue weighted by molar-refractivity contribution is 4.96. The Balaban J connectivity index is 2.82. The van der Waals surface area contributed by atoms with Crippen LogP contribution in [0.4, 0.5) is 0 Å². The van der Waals surface area contributed by atoms with E-state index in [0.29, 0.717) is 0 Å². The number of hydrogen-bond acceptors (Lipinski definition) is 4. The molecule has 5 heteroatoms. The normalized spacial score (nSPS) is 16.1. The maximum atomic E-state index is 9.68. The third kappa shape index (κ3) is 4.28. The third-order valence-electron chi connectivity index (χ3n) is 3.69. The van der Waals surface area contributed by atoms with Crippen molar-refractivity contribution in [3.8, 4) is 0 Å². The zero-order chi connectivity index (χ0) is 15.2. The summed E-state index contributed by atoms with van der Waals surface area (Å²) in [7, 11) is 0. The molecule has 0 spiro atoms. The van der Waals surface area contributed by atoms with Crippen molar-refractivity contribution in [2.24, 2.45) is 0 Å². The minimum atomic E-state index is -0.265. The molecule has 0 aliphatic carbocycles. The summed E-state index contributed by atoms with van der Waals surface area (Å²) >= 11 is 0. The zero-order valence-corrected chi connectivity index (χ0v) is 13.6. The summed E-state index contributed by atoms with van der Waals surface area (Å²) < 4.78 is 2.03. The van der Waals surface area contributed by atoms with Crippen LogP contribution in [0.25, 0.3) is 0 Å². The first kappa shape index (κ1) is 17.1. The first-order valence-corrected chi connectivity index (χ1v) is 7.79. The number of aliphatic hydroxyl groups excluding tert-OH is 1. The summed E-state index contributed by atoms with van der Waals surface area (Å²) in [5.41, 5.74) is -0.265. The molecule has 2 N–H and O–H groups in total. The fourth-order valence-electron chi connectivity index (χ4n) is 2.51. The van der Waals surface area contributed by atoms with Crippen LogP contribution in [-0.2, 0) is 12.8 Å². The van der Waals surface area contributed by atoms with Crippen molar-refractivity contribution in [2.75, 3.05) is 13.2 Å². The predicted molar refractivity (Wildman–Crippen MR) is 81.9 cm³/mol. The van der Waals surface area contributed by atoms with Crippen molar-refractivity contribution < 1.29 is 5.11 Å². The number of hydrogen-bond donors (Lipinski definition) is 2. The average molecular weight is 282 g/mol. The van der Waals surface area contributed by atoms with Gasteiger partial charge in [-0.25, -0.2) is 9.67 Å². The first-order chi connectivity index (χ1) is 9.49. The maximum Gasteiger partial charge on any atom is 0.150 e. The third-order valence-corrected chi connectivity index (χ3v) is 3.69.